The predicted octanol–water partition coefficient (Wildman–Crippen LogP) is 2.90. The topological polar surface area (TPSA) is 20.3 Å². The number of ketones is 1. The van der Waals surface area contributed by atoms with Gasteiger partial charge in [0.15, 0.2) is 5.78 Å². The minimum absolute atomic E-state index is 0.226. The fourth-order valence-electron chi connectivity index (χ4n) is 1.28. The van der Waals surface area contributed by atoms with Crippen molar-refractivity contribution in [2.45, 2.75) is 25.8 Å². The third-order valence-corrected chi connectivity index (χ3v) is 3.88. The van der Waals surface area contributed by atoms with Crippen molar-refractivity contribution in [1.29, 1.82) is 0 Å². The second-order valence-electron chi connectivity index (χ2n) is 4.64. The van der Waals surface area contributed by atoms with Gasteiger partial charge < -0.3 is 0 Å². The molecule has 0 N–H and O–H groups in total. The van der Waals surface area contributed by atoms with Crippen molar-refractivity contribution < 1.29 is 4.79 Å². The summed E-state index contributed by atoms with van der Waals surface area (Å²) in [6.07, 6.45) is 0.465. The van der Waals surface area contributed by atoms with Crippen LogP contribution in [0.2, 0.25) is 0 Å². The molecule has 1 aromatic rings. The Hall–Kier alpha value is -0.670. The lowest BCUT2D eigenvalue weighted by Crippen LogP contribution is -2.46. The summed E-state index contributed by atoms with van der Waals surface area (Å²) in [6, 6.07) is 7.85. The lowest BCUT2D eigenvalue weighted by atomic mass is 9.92. The standard InChI is InChI=1S/C13H18BrNO/c1-13(2,15(3)4)12(16)9-10-7-5-6-8-11(10)14/h5-8H,9H2,1-4H3. The van der Waals surface area contributed by atoms with E-state index in [0.29, 0.717) is 6.42 Å². The maximum absolute atomic E-state index is 12.2. The number of benzene rings is 1. The van der Waals surface area contributed by atoms with Crippen LogP contribution in [0.1, 0.15) is 19.4 Å². The lowest BCUT2D eigenvalue weighted by molar-refractivity contribution is -0.127. The summed E-state index contributed by atoms with van der Waals surface area (Å²) < 4.78 is 0.998. The molecule has 1 rings (SSSR count). The van der Waals surface area contributed by atoms with Gasteiger partial charge in [0.1, 0.15) is 0 Å². The monoisotopic (exact) mass is 283 g/mol. The van der Waals surface area contributed by atoms with Gasteiger partial charge in [-0.1, -0.05) is 34.1 Å². The lowest BCUT2D eigenvalue weighted by Gasteiger charge is -2.31. The first-order valence-corrected chi connectivity index (χ1v) is 6.09. The molecule has 0 atom stereocenters. The molecule has 0 aliphatic carbocycles. The van der Waals surface area contributed by atoms with Crippen LogP contribution >= 0.6 is 15.9 Å². The Morgan fingerprint density at radius 2 is 1.88 bits per heavy atom. The van der Waals surface area contributed by atoms with E-state index in [1.165, 1.54) is 0 Å². The van der Waals surface area contributed by atoms with E-state index in [4.69, 9.17) is 0 Å². The van der Waals surface area contributed by atoms with Crippen LogP contribution in [0.15, 0.2) is 28.7 Å². The molecule has 0 unspecified atom stereocenters. The number of hydrogen-bond acceptors (Lipinski definition) is 2. The van der Waals surface area contributed by atoms with Gasteiger partial charge in [0, 0.05) is 10.9 Å². The summed E-state index contributed by atoms with van der Waals surface area (Å²) in [7, 11) is 3.86. The van der Waals surface area contributed by atoms with E-state index < -0.39 is 5.54 Å². The number of halogens is 1. The molecule has 0 radical (unpaired) electrons. The van der Waals surface area contributed by atoms with Crippen LogP contribution in [0.25, 0.3) is 0 Å². The maximum atomic E-state index is 12.2. The van der Waals surface area contributed by atoms with Crippen molar-refractivity contribution in [3.05, 3.63) is 34.3 Å². The number of nitrogens with zero attached hydrogens (tertiary/aromatic N) is 1. The van der Waals surface area contributed by atoms with Gasteiger partial charge in [-0.05, 0) is 39.6 Å². The molecule has 88 valence electrons. The normalized spacial score (nSPS) is 11.9. The molecule has 0 aliphatic rings. The summed E-state index contributed by atoms with van der Waals surface area (Å²) in [5, 5.41) is 0. The molecular formula is C13H18BrNO. The highest BCUT2D eigenvalue weighted by Crippen LogP contribution is 2.20. The fraction of sp³-hybridized carbons (Fsp3) is 0.462. The fourth-order valence-corrected chi connectivity index (χ4v) is 1.71. The Morgan fingerprint density at radius 3 is 2.38 bits per heavy atom. The van der Waals surface area contributed by atoms with Crippen LogP contribution in [0, 0.1) is 0 Å². The van der Waals surface area contributed by atoms with Gasteiger partial charge >= 0.3 is 0 Å². The average molecular weight is 284 g/mol. The zero-order chi connectivity index (χ0) is 12.3. The second kappa shape index (κ2) is 5.11. The van der Waals surface area contributed by atoms with Crippen molar-refractivity contribution in [3.8, 4) is 0 Å². The van der Waals surface area contributed by atoms with Gasteiger partial charge in [0.05, 0.1) is 5.54 Å². The zero-order valence-corrected chi connectivity index (χ0v) is 11.8. The number of carbonyl (C=O) groups is 1. The summed E-state index contributed by atoms with van der Waals surface area (Å²) in [5.74, 6) is 0.226. The molecular weight excluding hydrogens is 266 g/mol. The number of rotatable bonds is 4. The van der Waals surface area contributed by atoms with E-state index in [1.54, 1.807) is 0 Å². The van der Waals surface area contributed by atoms with Crippen LogP contribution < -0.4 is 0 Å². The molecule has 0 saturated carbocycles. The zero-order valence-electron chi connectivity index (χ0n) is 10.2. The Balaban J connectivity index is 2.84. The van der Waals surface area contributed by atoms with Gasteiger partial charge in [-0.3, -0.25) is 9.69 Å². The molecule has 0 aromatic heterocycles. The predicted molar refractivity (Wildman–Crippen MR) is 70.6 cm³/mol. The minimum atomic E-state index is -0.421. The van der Waals surface area contributed by atoms with Gasteiger partial charge in [-0.15, -0.1) is 0 Å². The Labute approximate surface area is 106 Å². The van der Waals surface area contributed by atoms with Crippen LogP contribution in [-0.2, 0) is 11.2 Å². The van der Waals surface area contributed by atoms with Gasteiger partial charge in [0.25, 0.3) is 0 Å². The molecule has 3 heteroatoms. The number of carbonyl (C=O) groups excluding carboxylic acids is 1. The smallest absolute Gasteiger partial charge is 0.156 e. The Morgan fingerprint density at radius 1 is 1.31 bits per heavy atom. The van der Waals surface area contributed by atoms with Crippen LogP contribution in [0.5, 0.6) is 0 Å². The number of hydrogen-bond donors (Lipinski definition) is 0. The Bertz CT molecular complexity index is 385. The van der Waals surface area contributed by atoms with Gasteiger partial charge in [-0.2, -0.15) is 0 Å². The largest absolute Gasteiger partial charge is 0.298 e. The highest BCUT2D eigenvalue weighted by Gasteiger charge is 2.29. The van der Waals surface area contributed by atoms with Crippen molar-refractivity contribution in [3.63, 3.8) is 0 Å². The molecule has 0 heterocycles. The first kappa shape index (κ1) is 13.4. The third kappa shape index (κ3) is 2.92. The molecule has 16 heavy (non-hydrogen) atoms. The molecule has 1 aromatic carbocycles. The summed E-state index contributed by atoms with van der Waals surface area (Å²) >= 11 is 3.46. The van der Waals surface area contributed by atoms with E-state index in [9.17, 15) is 4.79 Å². The highest BCUT2D eigenvalue weighted by molar-refractivity contribution is 9.10. The van der Waals surface area contributed by atoms with Crippen molar-refractivity contribution >= 4 is 21.7 Å². The minimum Gasteiger partial charge on any atom is -0.298 e. The van der Waals surface area contributed by atoms with Gasteiger partial charge in [-0.25, -0.2) is 0 Å². The first-order chi connectivity index (χ1) is 7.35. The first-order valence-electron chi connectivity index (χ1n) is 5.30. The number of likely N-dealkylation sites (N-methyl/N-ethyl adjacent to an activating group) is 1. The van der Waals surface area contributed by atoms with E-state index in [2.05, 4.69) is 15.9 Å². The molecule has 0 amide bonds. The molecule has 0 bridgehead atoms. The molecule has 0 aliphatic heterocycles. The van der Waals surface area contributed by atoms with Crippen LogP contribution in [0.3, 0.4) is 0 Å². The summed E-state index contributed by atoms with van der Waals surface area (Å²) in [5.41, 5.74) is 0.623. The summed E-state index contributed by atoms with van der Waals surface area (Å²) in [4.78, 5) is 14.1. The summed E-state index contributed by atoms with van der Waals surface area (Å²) in [6.45, 7) is 3.90. The van der Waals surface area contributed by atoms with Gasteiger partial charge in [0.2, 0.25) is 0 Å². The van der Waals surface area contributed by atoms with Crippen molar-refractivity contribution in [1.82, 2.24) is 4.90 Å². The second-order valence-corrected chi connectivity index (χ2v) is 5.50. The third-order valence-electron chi connectivity index (χ3n) is 3.11. The van der Waals surface area contributed by atoms with E-state index >= 15 is 0 Å². The quantitative estimate of drug-likeness (QED) is 0.847. The molecule has 0 saturated heterocycles. The number of Topliss-reactive ketones (excluding diaryl/α,β-unsaturated/α-hetero) is 1. The maximum Gasteiger partial charge on any atom is 0.156 e. The molecule has 2 nitrogen and oxygen atoms in total. The van der Waals surface area contributed by atoms with Crippen molar-refractivity contribution in [2.75, 3.05) is 14.1 Å². The van der Waals surface area contributed by atoms with Crippen LogP contribution in [0.4, 0.5) is 0 Å². The average Bonchev–Trinajstić information content (AvgIpc) is 2.21. The highest BCUT2D eigenvalue weighted by atomic mass is 79.9. The van der Waals surface area contributed by atoms with E-state index in [1.807, 2.05) is 57.1 Å². The Kier molecular flexibility index (Phi) is 4.28. The van der Waals surface area contributed by atoms with E-state index in [0.717, 1.165) is 10.0 Å². The molecule has 0 spiro atoms. The van der Waals surface area contributed by atoms with Crippen LogP contribution in [-0.4, -0.2) is 30.3 Å². The molecule has 0 fully saturated rings. The van der Waals surface area contributed by atoms with E-state index in [-0.39, 0.29) is 5.78 Å². The van der Waals surface area contributed by atoms with Crippen molar-refractivity contribution in [2.24, 2.45) is 0 Å². The SMILES string of the molecule is CN(C)C(C)(C)C(=O)Cc1ccccc1Br.